The van der Waals surface area contributed by atoms with Crippen LogP contribution in [0.2, 0.25) is 0 Å². The first-order valence-electron chi connectivity index (χ1n) is 6.28. The molecule has 5 nitrogen and oxygen atoms in total. The van der Waals surface area contributed by atoms with Gasteiger partial charge in [-0.25, -0.2) is 9.78 Å². The average molecular weight is 265 g/mol. The lowest BCUT2D eigenvalue weighted by molar-refractivity contribution is 0.555. The number of hydrogen-bond acceptors (Lipinski definition) is 3. The number of benzene rings is 1. The van der Waals surface area contributed by atoms with Crippen molar-refractivity contribution in [2.45, 2.75) is 6.92 Å². The number of imidazole rings is 1. The molecule has 0 unspecified atom stereocenters. The summed E-state index contributed by atoms with van der Waals surface area (Å²) in [5.74, 6) is -0.442. The summed E-state index contributed by atoms with van der Waals surface area (Å²) in [7, 11) is 0. The molecule has 4 aromatic rings. The maximum absolute atomic E-state index is 11.2. The molecule has 0 radical (unpaired) electrons. The summed E-state index contributed by atoms with van der Waals surface area (Å²) < 4.78 is 7.05. The molecule has 5 heteroatoms. The van der Waals surface area contributed by atoms with Crippen molar-refractivity contribution >= 4 is 16.7 Å². The number of nitrogens with zero attached hydrogens (tertiary/aromatic N) is 2. The van der Waals surface area contributed by atoms with Crippen molar-refractivity contribution in [3.63, 3.8) is 0 Å². The van der Waals surface area contributed by atoms with E-state index < -0.39 is 5.76 Å². The van der Waals surface area contributed by atoms with Crippen LogP contribution in [0, 0.1) is 6.92 Å². The minimum Gasteiger partial charge on any atom is -0.408 e. The molecule has 0 spiro atoms. The first kappa shape index (κ1) is 11.0. The van der Waals surface area contributed by atoms with Crippen molar-refractivity contribution in [1.29, 1.82) is 0 Å². The highest BCUT2D eigenvalue weighted by Crippen LogP contribution is 2.23. The zero-order valence-corrected chi connectivity index (χ0v) is 10.8. The quantitative estimate of drug-likeness (QED) is 0.575. The van der Waals surface area contributed by atoms with E-state index in [0.29, 0.717) is 11.1 Å². The number of oxazole rings is 1. The predicted octanol–water partition coefficient (Wildman–Crippen LogP) is 2.74. The van der Waals surface area contributed by atoms with Crippen LogP contribution in [0.5, 0.6) is 0 Å². The summed E-state index contributed by atoms with van der Waals surface area (Å²) in [6.07, 6.45) is 3.94. The highest BCUT2D eigenvalue weighted by atomic mass is 16.4. The minimum absolute atomic E-state index is 0.442. The summed E-state index contributed by atoms with van der Waals surface area (Å²) in [4.78, 5) is 18.4. The summed E-state index contributed by atoms with van der Waals surface area (Å²) in [5, 5.41) is 0. The van der Waals surface area contributed by atoms with Gasteiger partial charge in [0, 0.05) is 18.0 Å². The van der Waals surface area contributed by atoms with Gasteiger partial charge in [-0.3, -0.25) is 4.98 Å². The Hall–Kier alpha value is -2.82. The standard InChI is InChI=1S/C15H11N3O2/c1-9-4-5-18-8-12(16-14(18)6-9)10-2-3-11-13(7-10)20-15(19)17-11/h2-8H,1H3,(H,17,19). The summed E-state index contributed by atoms with van der Waals surface area (Å²) >= 11 is 0. The number of aromatic amines is 1. The van der Waals surface area contributed by atoms with Gasteiger partial charge in [0.15, 0.2) is 5.58 Å². The molecular weight excluding hydrogens is 254 g/mol. The van der Waals surface area contributed by atoms with E-state index in [1.807, 2.05) is 54.0 Å². The maximum Gasteiger partial charge on any atom is 0.417 e. The van der Waals surface area contributed by atoms with Crippen LogP contribution in [0.25, 0.3) is 28.0 Å². The van der Waals surface area contributed by atoms with Crippen molar-refractivity contribution in [1.82, 2.24) is 14.4 Å². The third kappa shape index (κ3) is 1.64. The van der Waals surface area contributed by atoms with Gasteiger partial charge in [-0.2, -0.15) is 0 Å². The number of fused-ring (bicyclic) bond motifs is 2. The van der Waals surface area contributed by atoms with Crippen molar-refractivity contribution in [2.75, 3.05) is 0 Å². The Morgan fingerprint density at radius 2 is 2.15 bits per heavy atom. The van der Waals surface area contributed by atoms with Gasteiger partial charge in [-0.05, 0) is 36.8 Å². The molecule has 0 aliphatic carbocycles. The van der Waals surface area contributed by atoms with Crippen LogP contribution >= 0.6 is 0 Å². The molecule has 0 bridgehead atoms. The number of hydrogen-bond donors (Lipinski definition) is 1. The van der Waals surface area contributed by atoms with Gasteiger partial charge in [0.05, 0.1) is 11.2 Å². The second kappa shape index (κ2) is 3.84. The van der Waals surface area contributed by atoms with Crippen LogP contribution in [0.4, 0.5) is 0 Å². The van der Waals surface area contributed by atoms with Crippen molar-refractivity contribution in [3.8, 4) is 11.3 Å². The molecule has 3 aromatic heterocycles. The number of pyridine rings is 1. The number of rotatable bonds is 1. The van der Waals surface area contributed by atoms with Crippen LogP contribution < -0.4 is 5.76 Å². The molecule has 0 saturated heterocycles. The van der Waals surface area contributed by atoms with Gasteiger partial charge in [0.1, 0.15) is 5.65 Å². The van der Waals surface area contributed by atoms with Gasteiger partial charge >= 0.3 is 5.76 Å². The fourth-order valence-corrected chi connectivity index (χ4v) is 2.33. The third-order valence-corrected chi connectivity index (χ3v) is 3.33. The minimum atomic E-state index is -0.442. The van der Waals surface area contributed by atoms with Crippen LogP contribution in [-0.2, 0) is 0 Å². The van der Waals surface area contributed by atoms with E-state index in [2.05, 4.69) is 9.97 Å². The Balaban J connectivity index is 1.92. The molecule has 0 fully saturated rings. The molecule has 98 valence electrons. The van der Waals surface area contributed by atoms with Crippen LogP contribution in [0.15, 0.2) is 51.9 Å². The molecule has 0 saturated carbocycles. The number of H-pyrrole nitrogens is 1. The molecule has 1 N–H and O–H groups in total. The Kier molecular flexibility index (Phi) is 2.12. The lowest BCUT2D eigenvalue weighted by Gasteiger charge is -1.94. The van der Waals surface area contributed by atoms with Crippen molar-refractivity contribution in [3.05, 3.63) is 58.8 Å². The first-order chi connectivity index (χ1) is 9.69. The average Bonchev–Trinajstić information content (AvgIpc) is 2.99. The van der Waals surface area contributed by atoms with E-state index in [0.717, 1.165) is 16.9 Å². The largest absolute Gasteiger partial charge is 0.417 e. The van der Waals surface area contributed by atoms with Gasteiger partial charge in [0.2, 0.25) is 0 Å². The third-order valence-electron chi connectivity index (χ3n) is 3.33. The molecule has 0 amide bonds. The van der Waals surface area contributed by atoms with Crippen LogP contribution in [0.1, 0.15) is 5.56 Å². The van der Waals surface area contributed by atoms with Gasteiger partial charge in [-0.1, -0.05) is 6.07 Å². The van der Waals surface area contributed by atoms with E-state index in [9.17, 15) is 4.79 Å². The fourth-order valence-electron chi connectivity index (χ4n) is 2.33. The SMILES string of the molecule is Cc1ccn2cc(-c3ccc4[nH]c(=O)oc4c3)nc2c1. The van der Waals surface area contributed by atoms with Crippen LogP contribution in [-0.4, -0.2) is 14.4 Å². The smallest absolute Gasteiger partial charge is 0.408 e. The van der Waals surface area contributed by atoms with Crippen molar-refractivity contribution < 1.29 is 4.42 Å². The summed E-state index contributed by atoms with van der Waals surface area (Å²) in [6, 6.07) is 9.63. The number of aryl methyl sites for hydroxylation is 1. The Morgan fingerprint density at radius 3 is 3.05 bits per heavy atom. The molecule has 0 aliphatic rings. The highest BCUT2D eigenvalue weighted by Gasteiger charge is 2.07. The summed E-state index contributed by atoms with van der Waals surface area (Å²) in [5.41, 5.74) is 5.07. The Bertz CT molecular complexity index is 991. The predicted molar refractivity (Wildman–Crippen MR) is 75.8 cm³/mol. The van der Waals surface area contributed by atoms with Gasteiger partial charge in [-0.15, -0.1) is 0 Å². The second-order valence-electron chi connectivity index (χ2n) is 4.82. The van der Waals surface area contributed by atoms with Gasteiger partial charge < -0.3 is 8.82 Å². The first-order valence-corrected chi connectivity index (χ1v) is 6.28. The normalized spacial score (nSPS) is 11.4. The molecular formula is C15H11N3O2. The molecule has 1 aromatic carbocycles. The molecule has 4 rings (SSSR count). The highest BCUT2D eigenvalue weighted by molar-refractivity contribution is 5.79. The number of nitrogens with one attached hydrogen (secondary N) is 1. The summed E-state index contributed by atoms with van der Waals surface area (Å²) in [6.45, 7) is 2.04. The zero-order chi connectivity index (χ0) is 13.7. The van der Waals surface area contributed by atoms with E-state index in [-0.39, 0.29) is 0 Å². The monoisotopic (exact) mass is 265 g/mol. The van der Waals surface area contributed by atoms with Crippen LogP contribution in [0.3, 0.4) is 0 Å². The second-order valence-corrected chi connectivity index (χ2v) is 4.82. The van der Waals surface area contributed by atoms with E-state index >= 15 is 0 Å². The molecule has 3 heterocycles. The van der Waals surface area contributed by atoms with Crippen molar-refractivity contribution in [2.24, 2.45) is 0 Å². The molecule has 0 aliphatic heterocycles. The molecule has 20 heavy (non-hydrogen) atoms. The van der Waals surface area contributed by atoms with E-state index in [4.69, 9.17) is 4.42 Å². The van der Waals surface area contributed by atoms with E-state index in [1.165, 1.54) is 5.56 Å². The lowest BCUT2D eigenvalue weighted by Crippen LogP contribution is -1.92. The maximum atomic E-state index is 11.2. The Labute approximate surface area is 113 Å². The fraction of sp³-hybridized carbons (Fsp3) is 0.0667. The molecule has 0 atom stereocenters. The Morgan fingerprint density at radius 1 is 1.25 bits per heavy atom. The topological polar surface area (TPSA) is 63.3 Å². The number of aromatic nitrogens is 3. The lowest BCUT2D eigenvalue weighted by atomic mass is 10.1. The van der Waals surface area contributed by atoms with Gasteiger partial charge in [0.25, 0.3) is 0 Å². The van der Waals surface area contributed by atoms with E-state index in [1.54, 1.807) is 0 Å². The zero-order valence-electron chi connectivity index (χ0n) is 10.8.